The van der Waals surface area contributed by atoms with Crippen molar-refractivity contribution < 1.29 is 19.5 Å². The third-order valence-electron chi connectivity index (χ3n) is 4.18. The van der Waals surface area contributed by atoms with E-state index in [0.717, 1.165) is 11.1 Å². The predicted octanol–water partition coefficient (Wildman–Crippen LogP) is 3.08. The van der Waals surface area contributed by atoms with Gasteiger partial charge < -0.3 is 10.0 Å². The number of carboxylic acids is 1. The number of hydrogen-bond acceptors (Lipinski definition) is 3. The van der Waals surface area contributed by atoms with Crippen LogP contribution in [0.3, 0.4) is 0 Å². The van der Waals surface area contributed by atoms with Crippen molar-refractivity contribution in [3.63, 3.8) is 0 Å². The number of aliphatic carboxylic acids is 1. The van der Waals surface area contributed by atoms with Crippen molar-refractivity contribution in [3.8, 4) is 0 Å². The van der Waals surface area contributed by atoms with Gasteiger partial charge in [-0.15, -0.1) is 0 Å². The summed E-state index contributed by atoms with van der Waals surface area (Å²) in [5.41, 5.74) is 3.22. The molecule has 0 spiro atoms. The van der Waals surface area contributed by atoms with E-state index < -0.39 is 5.97 Å². The topological polar surface area (TPSA) is 74.7 Å². The molecule has 0 aliphatic rings. The number of carbonyl (C=O) groups is 3. The predicted molar refractivity (Wildman–Crippen MR) is 95.0 cm³/mol. The number of carboxylic acid groups (broad SMARTS) is 1. The minimum atomic E-state index is -0.973. The average Bonchev–Trinajstić information content (AvgIpc) is 2.60. The largest absolute Gasteiger partial charge is 0.481 e. The molecule has 5 nitrogen and oxygen atoms in total. The number of aryl methyl sites for hydroxylation is 2. The number of benzene rings is 2. The van der Waals surface area contributed by atoms with Gasteiger partial charge in [0.25, 0.3) is 5.91 Å². The molecule has 0 aliphatic heterocycles. The van der Waals surface area contributed by atoms with Crippen LogP contribution < -0.4 is 0 Å². The normalized spacial score (nSPS) is 10.4. The number of hydrogen-bond donors (Lipinski definition) is 1. The summed E-state index contributed by atoms with van der Waals surface area (Å²) in [5.74, 6) is -1.56. The molecule has 5 heteroatoms. The van der Waals surface area contributed by atoms with Gasteiger partial charge in [0.1, 0.15) is 0 Å². The Hall–Kier alpha value is -2.95. The van der Waals surface area contributed by atoms with Crippen LogP contribution in [0.15, 0.2) is 42.5 Å². The van der Waals surface area contributed by atoms with Gasteiger partial charge in [0, 0.05) is 24.7 Å². The van der Waals surface area contributed by atoms with E-state index in [1.807, 2.05) is 26.0 Å². The third kappa shape index (κ3) is 4.32. The molecule has 0 atom stereocenters. The summed E-state index contributed by atoms with van der Waals surface area (Å²) in [5, 5.41) is 8.76. The van der Waals surface area contributed by atoms with Crippen molar-refractivity contribution in [2.75, 3.05) is 13.6 Å². The average molecular weight is 339 g/mol. The number of carbonyl (C=O) groups excluding carboxylic acids is 2. The van der Waals surface area contributed by atoms with Gasteiger partial charge in [-0.3, -0.25) is 14.4 Å². The highest BCUT2D eigenvalue weighted by atomic mass is 16.4. The molecule has 0 heterocycles. The van der Waals surface area contributed by atoms with Crippen molar-refractivity contribution in [3.05, 3.63) is 70.3 Å². The molecule has 0 bridgehead atoms. The fourth-order valence-electron chi connectivity index (χ4n) is 2.48. The van der Waals surface area contributed by atoms with Crippen LogP contribution >= 0.6 is 0 Å². The quantitative estimate of drug-likeness (QED) is 0.821. The molecule has 0 fully saturated rings. The first-order valence-electron chi connectivity index (χ1n) is 7.99. The zero-order chi connectivity index (χ0) is 18.6. The molecular weight excluding hydrogens is 318 g/mol. The van der Waals surface area contributed by atoms with Crippen molar-refractivity contribution in [1.29, 1.82) is 0 Å². The summed E-state index contributed by atoms with van der Waals surface area (Å²) in [4.78, 5) is 37.5. The minimum Gasteiger partial charge on any atom is -0.481 e. The summed E-state index contributed by atoms with van der Waals surface area (Å²) < 4.78 is 0. The number of nitrogens with zero attached hydrogens (tertiary/aromatic N) is 1. The lowest BCUT2D eigenvalue weighted by molar-refractivity contribution is -0.137. The van der Waals surface area contributed by atoms with Gasteiger partial charge in [-0.25, -0.2) is 0 Å². The Labute approximate surface area is 146 Å². The SMILES string of the molecule is Cc1ccc(C(=O)c2ccccc2C(=O)N(C)CCC(=O)O)cc1C. The zero-order valence-electron chi connectivity index (χ0n) is 14.6. The number of ketones is 1. The molecule has 0 aromatic heterocycles. The summed E-state index contributed by atoms with van der Waals surface area (Å²) in [6, 6.07) is 12.1. The van der Waals surface area contributed by atoms with E-state index in [-0.39, 0.29) is 30.2 Å². The van der Waals surface area contributed by atoms with Crippen LogP contribution in [0.5, 0.6) is 0 Å². The molecule has 1 amide bonds. The maximum atomic E-state index is 12.9. The Bertz CT molecular complexity index is 826. The summed E-state index contributed by atoms with van der Waals surface area (Å²) >= 11 is 0. The second kappa shape index (κ2) is 7.75. The first-order valence-corrected chi connectivity index (χ1v) is 7.99. The molecule has 0 unspecified atom stereocenters. The van der Waals surface area contributed by atoms with Gasteiger partial charge >= 0.3 is 5.97 Å². The maximum Gasteiger partial charge on any atom is 0.305 e. The molecule has 1 N–H and O–H groups in total. The van der Waals surface area contributed by atoms with E-state index >= 15 is 0 Å². The lowest BCUT2D eigenvalue weighted by Crippen LogP contribution is -2.30. The first kappa shape index (κ1) is 18.4. The third-order valence-corrected chi connectivity index (χ3v) is 4.18. The van der Waals surface area contributed by atoms with Gasteiger partial charge in [-0.1, -0.05) is 30.3 Å². The van der Waals surface area contributed by atoms with E-state index in [1.54, 1.807) is 30.3 Å². The Kier molecular flexibility index (Phi) is 5.70. The molecule has 130 valence electrons. The van der Waals surface area contributed by atoms with Gasteiger partial charge in [-0.2, -0.15) is 0 Å². The van der Waals surface area contributed by atoms with Crippen molar-refractivity contribution in [1.82, 2.24) is 4.90 Å². The molecule has 0 saturated carbocycles. The lowest BCUT2D eigenvalue weighted by atomic mass is 9.95. The highest BCUT2D eigenvalue weighted by Crippen LogP contribution is 2.18. The second-order valence-electron chi connectivity index (χ2n) is 6.04. The van der Waals surface area contributed by atoms with Crippen molar-refractivity contribution >= 4 is 17.7 Å². The van der Waals surface area contributed by atoms with E-state index in [1.165, 1.54) is 11.9 Å². The standard InChI is InChI=1S/C20H21NO4/c1-13-8-9-15(12-14(13)2)19(24)16-6-4-5-7-17(16)20(25)21(3)11-10-18(22)23/h4-9,12H,10-11H2,1-3H3,(H,22,23). The van der Waals surface area contributed by atoms with Crippen LogP contribution in [0.1, 0.15) is 43.8 Å². The highest BCUT2D eigenvalue weighted by Gasteiger charge is 2.21. The zero-order valence-corrected chi connectivity index (χ0v) is 14.6. The summed E-state index contributed by atoms with van der Waals surface area (Å²) in [7, 11) is 1.53. The Balaban J connectivity index is 2.33. The van der Waals surface area contributed by atoms with E-state index in [0.29, 0.717) is 11.1 Å². The molecule has 0 aliphatic carbocycles. The van der Waals surface area contributed by atoms with Crippen molar-refractivity contribution in [2.24, 2.45) is 0 Å². The minimum absolute atomic E-state index is 0.0837. The van der Waals surface area contributed by atoms with E-state index in [4.69, 9.17) is 5.11 Å². The van der Waals surface area contributed by atoms with Crippen LogP contribution in [0.2, 0.25) is 0 Å². The van der Waals surface area contributed by atoms with Crippen LogP contribution in [-0.2, 0) is 4.79 Å². The number of amides is 1. The summed E-state index contributed by atoms with van der Waals surface area (Å²) in [6.07, 6.45) is -0.143. The van der Waals surface area contributed by atoms with Gasteiger partial charge in [0.15, 0.2) is 5.78 Å². The van der Waals surface area contributed by atoms with Crippen molar-refractivity contribution in [2.45, 2.75) is 20.3 Å². The van der Waals surface area contributed by atoms with Crippen LogP contribution in [0.4, 0.5) is 0 Å². The second-order valence-corrected chi connectivity index (χ2v) is 6.04. The number of rotatable bonds is 6. The molecule has 2 rings (SSSR count). The first-order chi connectivity index (χ1) is 11.8. The molecular formula is C20H21NO4. The molecule has 2 aromatic carbocycles. The van der Waals surface area contributed by atoms with Crippen LogP contribution in [0.25, 0.3) is 0 Å². The Morgan fingerprint density at radius 2 is 1.60 bits per heavy atom. The lowest BCUT2D eigenvalue weighted by Gasteiger charge is -2.18. The molecule has 2 aromatic rings. The highest BCUT2D eigenvalue weighted by molar-refractivity contribution is 6.15. The van der Waals surface area contributed by atoms with Gasteiger partial charge in [0.2, 0.25) is 0 Å². The smallest absolute Gasteiger partial charge is 0.305 e. The Morgan fingerprint density at radius 1 is 0.960 bits per heavy atom. The monoisotopic (exact) mass is 339 g/mol. The van der Waals surface area contributed by atoms with E-state index in [2.05, 4.69) is 0 Å². The molecule has 0 radical (unpaired) electrons. The Morgan fingerprint density at radius 3 is 2.20 bits per heavy atom. The summed E-state index contributed by atoms with van der Waals surface area (Å²) in [6.45, 7) is 3.99. The van der Waals surface area contributed by atoms with Crippen LogP contribution in [0, 0.1) is 13.8 Å². The van der Waals surface area contributed by atoms with E-state index in [9.17, 15) is 14.4 Å². The maximum absolute atomic E-state index is 12.9. The van der Waals surface area contributed by atoms with Gasteiger partial charge in [-0.05, 0) is 37.1 Å². The fourth-order valence-corrected chi connectivity index (χ4v) is 2.48. The van der Waals surface area contributed by atoms with Crippen LogP contribution in [-0.4, -0.2) is 41.3 Å². The fraction of sp³-hybridized carbons (Fsp3) is 0.250. The van der Waals surface area contributed by atoms with Gasteiger partial charge in [0.05, 0.1) is 12.0 Å². The molecule has 25 heavy (non-hydrogen) atoms. The molecule has 0 saturated heterocycles.